The SMILES string of the molecule is C=CCCC(=C)C(=O)C(CCC=C)CC(=C)C1C(C(=O)C(CC(=O)CCc2ccccc2)C2Cc3ccccc3C2)CC2C1C2(C)C. The lowest BCUT2D eigenvalue weighted by atomic mass is 9.69. The Morgan fingerprint density at radius 3 is 2.15 bits per heavy atom. The summed E-state index contributed by atoms with van der Waals surface area (Å²) in [6.45, 7) is 21.1. The van der Waals surface area contributed by atoms with E-state index in [0.29, 0.717) is 55.9 Å². The van der Waals surface area contributed by atoms with Crippen molar-refractivity contribution in [3.8, 4) is 0 Å². The molecule has 3 aliphatic rings. The Balaban J connectivity index is 1.37. The molecule has 2 aromatic carbocycles. The van der Waals surface area contributed by atoms with Crippen molar-refractivity contribution in [3.05, 3.63) is 121 Å². The summed E-state index contributed by atoms with van der Waals surface area (Å²) in [6.07, 6.45) is 11.1. The van der Waals surface area contributed by atoms with E-state index in [0.717, 1.165) is 43.2 Å². The molecule has 0 aromatic heterocycles. The van der Waals surface area contributed by atoms with Crippen LogP contribution < -0.4 is 0 Å². The predicted molar refractivity (Wildman–Crippen MR) is 193 cm³/mol. The molecule has 0 aliphatic heterocycles. The summed E-state index contributed by atoms with van der Waals surface area (Å²) in [6, 6.07) is 18.6. The quantitative estimate of drug-likeness (QED) is 0.115. The van der Waals surface area contributed by atoms with E-state index in [2.05, 4.69) is 76.6 Å². The van der Waals surface area contributed by atoms with Crippen molar-refractivity contribution in [2.45, 2.75) is 84.5 Å². The van der Waals surface area contributed by atoms with Crippen LogP contribution >= 0.6 is 0 Å². The minimum Gasteiger partial charge on any atom is -0.300 e. The number of allylic oxidation sites excluding steroid dienone is 4. The molecule has 3 nitrogen and oxygen atoms in total. The standard InChI is InChI=1S/C44H54O3/c1-7-9-16-29(3)42(46)34(19-10-8-2)24-30(4)40-38(28-39-41(40)44(39,5)6)43(47)37(35-25-32-20-14-15-21-33(32)26-35)27-36(45)23-22-31-17-12-11-13-18-31/h7-8,11-15,17-18,20-21,34-35,37-41H,1-4,9-10,16,19,22-28H2,5-6H3. The van der Waals surface area contributed by atoms with Crippen molar-refractivity contribution in [3.63, 3.8) is 0 Å². The number of aryl methyl sites for hydroxylation is 1. The van der Waals surface area contributed by atoms with Crippen LogP contribution in [0.15, 0.2) is 104 Å². The maximum atomic E-state index is 14.9. The number of ketones is 3. The number of rotatable bonds is 19. The molecule has 0 spiro atoms. The highest BCUT2D eigenvalue weighted by Crippen LogP contribution is 2.72. The van der Waals surface area contributed by atoms with E-state index < -0.39 is 0 Å². The molecule has 0 radical (unpaired) electrons. The first-order chi connectivity index (χ1) is 22.6. The fraction of sp³-hybridized carbons (Fsp3) is 0.477. The van der Waals surface area contributed by atoms with E-state index in [4.69, 9.17) is 0 Å². The number of fused-ring (bicyclic) bond motifs is 2. The van der Waals surface area contributed by atoms with Gasteiger partial charge in [-0.25, -0.2) is 0 Å². The van der Waals surface area contributed by atoms with Crippen molar-refractivity contribution in [1.82, 2.24) is 0 Å². The van der Waals surface area contributed by atoms with Crippen LogP contribution in [0.4, 0.5) is 0 Å². The van der Waals surface area contributed by atoms with Gasteiger partial charge in [-0.15, -0.1) is 13.2 Å². The first-order valence-corrected chi connectivity index (χ1v) is 17.8. The van der Waals surface area contributed by atoms with Gasteiger partial charge < -0.3 is 0 Å². The third-order valence-corrected chi connectivity index (χ3v) is 11.9. The summed E-state index contributed by atoms with van der Waals surface area (Å²) in [5.41, 5.74) is 5.60. The molecule has 2 saturated carbocycles. The largest absolute Gasteiger partial charge is 0.300 e. The second-order valence-corrected chi connectivity index (χ2v) is 15.2. The second kappa shape index (κ2) is 15.1. The van der Waals surface area contributed by atoms with Gasteiger partial charge in [-0.05, 0) is 109 Å². The zero-order valence-electron chi connectivity index (χ0n) is 28.7. The highest BCUT2D eigenvalue weighted by Gasteiger charge is 2.68. The minimum atomic E-state index is -0.302. The number of Topliss-reactive ketones (excluding diaryl/α,β-unsaturated/α-hetero) is 3. The van der Waals surface area contributed by atoms with Crippen LogP contribution in [0.1, 0.15) is 81.9 Å². The Hall–Kier alpha value is -3.59. The van der Waals surface area contributed by atoms with Crippen LogP contribution in [0.25, 0.3) is 0 Å². The van der Waals surface area contributed by atoms with Gasteiger partial charge in [-0.1, -0.05) is 99.3 Å². The molecule has 0 amide bonds. The number of carbonyl (C=O) groups is 3. The Bertz CT molecular complexity index is 1480. The molecule has 2 aromatic rings. The smallest absolute Gasteiger partial charge is 0.161 e. The molecular formula is C44H54O3. The molecule has 6 atom stereocenters. The molecule has 2 fully saturated rings. The molecule has 6 unspecified atom stereocenters. The van der Waals surface area contributed by atoms with Gasteiger partial charge in [0, 0.05) is 30.6 Å². The molecular weight excluding hydrogens is 576 g/mol. The molecule has 248 valence electrons. The van der Waals surface area contributed by atoms with Crippen molar-refractivity contribution >= 4 is 17.3 Å². The zero-order valence-corrected chi connectivity index (χ0v) is 28.7. The highest BCUT2D eigenvalue weighted by atomic mass is 16.1. The number of hydrogen-bond acceptors (Lipinski definition) is 3. The van der Waals surface area contributed by atoms with Crippen LogP contribution in [0.5, 0.6) is 0 Å². The van der Waals surface area contributed by atoms with Crippen molar-refractivity contribution in [1.29, 1.82) is 0 Å². The third-order valence-electron chi connectivity index (χ3n) is 11.9. The molecule has 47 heavy (non-hydrogen) atoms. The lowest BCUT2D eigenvalue weighted by Crippen LogP contribution is -2.36. The van der Waals surface area contributed by atoms with E-state index >= 15 is 0 Å². The normalized spacial score (nSPS) is 23.6. The molecule has 0 heterocycles. The lowest BCUT2D eigenvalue weighted by Gasteiger charge is -2.33. The van der Waals surface area contributed by atoms with Crippen molar-refractivity contribution in [2.24, 2.45) is 46.8 Å². The Labute approximate surface area is 283 Å². The van der Waals surface area contributed by atoms with Crippen LogP contribution in [-0.4, -0.2) is 17.3 Å². The van der Waals surface area contributed by atoms with Gasteiger partial charge in [0.15, 0.2) is 5.78 Å². The van der Waals surface area contributed by atoms with E-state index in [-0.39, 0.29) is 52.4 Å². The summed E-state index contributed by atoms with van der Waals surface area (Å²) in [7, 11) is 0. The molecule has 0 bridgehead atoms. The van der Waals surface area contributed by atoms with Gasteiger partial charge in [0.2, 0.25) is 0 Å². The van der Waals surface area contributed by atoms with Gasteiger partial charge >= 0.3 is 0 Å². The number of benzene rings is 2. The number of carbonyl (C=O) groups excluding carboxylic acids is 3. The van der Waals surface area contributed by atoms with Crippen LogP contribution in [0, 0.1) is 46.8 Å². The van der Waals surface area contributed by atoms with Gasteiger partial charge in [0.1, 0.15) is 11.6 Å². The fourth-order valence-electron chi connectivity index (χ4n) is 9.17. The van der Waals surface area contributed by atoms with Gasteiger partial charge in [0.25, 0.3) is 0 Å². The van der Waals surface area contributed by atoms with Gasteiger partial charge in [-0.3, -0.25) is 14.4 Å². The summed E-state index contributed by atoms with van der Waals surface area (Å²) >= 11 is 0. The fourth-order valence-corrected chi connectivity index (χ4v) is 9.17. The predicted octanol–water partition coefficient (Wildman–Crippen LogP) is 9.71. The van der Waals surface area contributed by atoms with Crippen molar-refractivity contribution < 1.29 is 14.4 Å². The van der Waals surface area contributed by atoms with Gasteiger partial charge in [0.05, 0.1) is 0 Å². The maximum absolute atomic E-state index is 14.9. The van der Waals surface area contributed by atoms with Gasteiger partial charge in [-0.2, -0.15) is 0 Å². The minimum absolute atomic E-state index is 0.0358. The number of hydrogen-bond donors (Lipinski definition) is 0. The van der Waals surface area contributed by atoms with E-state index in [1.54, 1.807) is 0 Å². The molecule has 5 rings (SSSR count). The highest BCUT2D eigenvalue weighted by molar-refractivity contribution is 5.96. The van der Waals surface area contributed by atoms with E-state index in [1.807, 2.05) is 30.4 Å². The molecule has 0 saturated heterocycles. The van der Waals surface area contributed by atoms with Crippen LogP contribution in [0.3, 0.4) is 0 Å². The Morgan fingerprint density at radius 2 is 1.51 bits per heavy atom. The monoisotopic (exact) mass is 630 g/mol. The zero-order chi connectivity index (χ0) is 33.7. The summed E-state index contributed by atoms with van der Waals surface area (Å²) in [5, 5.41) is 0. The first kappa shape index (κ1) is 34.7. The first-order valence-electron chi connectivity index (χ1n) is 17.8. The summed E-state index contributed by atoms with van der Waals surface area (Å²) < 4.78 is 0. The molecule has 3 heteroatoms. The average molecular weight is 631 g/mol. The third kappa shape index (κ3) is 7.77. The van der Waals surface area contributed by atoms with Crippen LogP contribution in [0.2, 0.25) is 0 Å². The Morgan fingerprint density at radius 1 is 0.872 bits per heavy atom. The van der Waals surface area contributed by atoms with Crippen molar-refractivity contribution in [2.75, 3.05) is 0 Å². The summed E-state index contributed by atoms with van der Waals surface area (Å²) in [5.74, 6) is 0.898. The second-order valence-electron chi connectivity index (χ2n) is 15.2. The average Bonchev–Trinajstić information content (AvgIpc) is 3.43. The Kier molecular flexibility index (Phi) is 11.2. The lowest BCUT2D eigenvalue weighted by molar-refractivity contribution is -0.133. The van der Waals surface area contributed by atoms with E-state index in [9.17, 15) is 14.4 Å². The summed E-state index contributed by atoms with van der Waals surface area (Å²) in [4.78, 5) is 42.1. The van der Waals surface area contributed by atoms with Crippen LogP contribution in [-0.2, 0) is 33.6 Å². The maximum Gasteiger partial charge on any atom is 0.161 e. The molecule has 3 aliphatic carbocycles. The topological polar surface area (TPSA) is 51.2 Å². The molecule has 0 N–H and O–H groups in total. The van der Waals surface area contributed by atoms with E-state index in [1.165, 1.54) is 11.1 Å².